The number of carbonyl (C=O) groups excluding carboxylic acids is 1. The first kappa shape index (κ1) is 27.9. The molecule has 1 aliphatic carbocycles. The Balaban J connectivity index is 1.22. The van der Waals surface area contributed by atoms with E-state index in [1.165, 1.54) is 0 Å². The molecule has 5 nitrogen and oxygen atoms in total. The lowest BCUT2D eigenvalue weighted by molar-refractivity contribution is -0.120. The van der Waals surface area contributed by atoms with Crippen LogP contribution < -0.4 is 10.0 Å². The number of amides is 1. The van der Waals surface area contributed by atoms with E-state index in [-0.39, 0.29) is 22.6 Å². The number of sulfonamides is 1. The summed E-state index contributed by atoms with van der Waals surface area (Å²) < 4.78 is 30.4. The van der Waals surface area contributed by atoms with Crippen molar-refractivity contribution in [3.8, 4) is 11.1 Å². The lowest BCUT2D eigenvalue weighted by atomic mass is 9.86. The van der Waals surface area contributed by atoms with Crippen LogP contribution in [0.5, 0.6) is 0 Å². The minimum Gasteiger partial charge on any atom is -0.326 e. The lowest BCUT2D eigenvalue weighted by Gasteiger charge is -2.28. The van der Waals surface area contributed by atoms with Crippen LogP contribution in [0.2, 0.25) is 0 Å². The van der Waals surface area contributed by atoms with E-state index >= 15 is 0 Å². The molecule has 4 atom stereocenters. The Morgan fingerprint density at radius 2 is 1.36 bits per heavy atom. The SMILES string of the molecule is C[C@@H](C(=O)Nc1ccc2ccccc2c1)[C@H]1C[C@]1(C)[C@H](NS(=O)(=O)c1ccc(-c2ccccc2)cc1)c1ccccc1. The van der Waals surface area contributed by atoms with E-state index in [2.05, 4.69) is 17.0 Å². The summed E-state index contributed by atoms with van der Waals surface area (Å²) in [5.41, 5.74) is 3.19. The summed E-state index contributed by atoms with van der Waals surface area (Å²) in [5, 5.41) is 5.27. The van der Waals surface area contributed by atoms with Crippen LogP contribution in [0.1, 0.15) is 31.9 Å². The highest BCUT2D eigenvalue weighted by molar-refractivity contribution is 7.89. The molecule has 1 amide bonds. The van der Waals surface area contributed by atoms with Crippen LogP contribution >= 0.6 is 0 Å². The molecule has 0 radical (unpaired) electrons. The lowest BCUT2D eigenvalue weighted by Crippen LogP contribution is -2.35. The molecule has 1 saturated carbocycles. The smallest absolute Gasteiger partial charge is 0.241 e. The highest BCUT2D eigenvalue weighted by Gasteiger charge is 2.59. The Labute approximate surface area is 247 Å². The molecule has 42 heavy (non-hydrogen) atoms. The topological polar surface area (TPSA) is 75.3 Å². The van der Waals surface area contributed by atoms with Gasteiger partial charge in [0, 0.05) is 11.6 Å². The van der Waals surface area contributed by atoms with Crippen LogP contribution in [0, 0.1) is 17.3 Å². The number of nitrogens with one attached hydrogen (secondary N) is 2. The van der Waals surface area contributed by atoms with Gasteiger partial charge in [-0.1, -0.05) is 117 Å². The van der Waals surface area contributed by atoms with Crippen LogP contribution in [-0.4, -0.2) is 14.3 Å². The molecule has 6 rings (SSSR count). The first-order valence-corrected chi connectivity index (χ1v) is 15.8. The largest absolute Gasteiger partial charge is 0.326 e. The third kappa shape index (κ3) is 5.60. The zero-order valence-electron chi connectivity index (χ0n) is 23.7. The van der Waals surface area contributed by atoms with Crippen molar-refractivity contribution in [3.05, 3.63) is 133 Å². The quantitative estimate of drug-likeness (QED) is 0.188. The second-order valence-corrected chi connectivity index (χ2v) is 13.2. The first-order chi connectivity index (χ1) is 20.2. The molecule has 0 unspecified atom stereocenters. The van der Waals surface area contributed by atoms with E-state index in [1.54, 1.807) is 12.1 Å². The molecule has 0 heterocycles. The molecule has 1 aliphatic rings. The Morgan fingerprint density at radius 3 is 2.05 bits per heavy atom. The Morgan fingerprint density at radius 1 is 0.762 bits per heavy atom. The van der Waals surface area contributed by atoms with Gasteiger partial charge in [-0.25, -0.2) is 13.1 Å². The fraction of sp³-hybridized carbons (Fsp3) is 0.194. The van der Waals surface area contributed by atoms with Gasteiger partial charge < -0.3 is 5.32 Å². The molecule has 5 aromatic rings. The Hall–Kier alpha value is -4.26. The number of benzene rings is 5. The van der Waals surface area contributed by atoms with Crippen LogP contribution in [0.3, 0.4) is 0 Å². The van der Waals surface area contributed by atoms with Gasteiger partial charge in [-0.2, -0.15) is 0 Å². The molecule has 212 valence electrons. The number of rotatable bonds is 9. The zero-order chi connectivity index (χ0) is 29.3. The van der Waals surface area contributed by atoms with Gasteiger partial charge in [0.25, 0.3) is 0 Å². The average Bonchev–Trinajstić information content (AvgIpc) is 3.72. The monoisotopic (exact) mass is 574 g/mol. The van der Waals surface area contributed by atoms with E-state index < -0.39 is 21.5 Å². The van der Waals surface area contributed by atoms with Crippen molar-refractivity contribution in [2.24, 2.45) is 17.3 Å². The number of hydrogen-bond acceptors (Lipinski definition) is 3. The van der Waals surface area contributed by atoms with E-state index in [9.17, 15) is 13.2 Å². The number of fused-ring (bicyclic) bond motifs is 1. The summed E-state index contributed by atoms with van der Waals surface area (Å²) in [6, 6.07) is 40.0. The van der Waals surface area contributed by atoms with Gasteiger partial charge in [-0.05, 0) is 69.5 Å². The third-order valence-electron chi connectivity index (χ3n) is 8.72. The summed E-state index contributed by atoms with van der Waals surface area (Å²) in [4.78, 5) is 13.6. The van der Waals surface area contributed by atoms with Crippen molar-refractivity contribution < 1.29 is 13.2 Å². The van der Waals surface area contributed by atoms with Crippen molar-refractivity contribution in [3.63, 3.8) is 0 Å². The second kappa shape index (κ2) is 11.2. The summed E-state index contributed by atoms with van der Waals surface area (Å²) in [6.07, 6.45) is 0.730. The van der Waals surface area contributed by atoms with E-state index in [4.69, 9.17) is 0 Å². The predicted octanol–water partition coefficient (Wildman–Crippen LogP) is 7.83. The molecule has 0 aliphatic heterocycles. The molecular formula is C36H34N2O3S. The van der Waals surface area contributed by atoms with Crippen LogP contribution in [0.4, 0.5) is 5.69 Å². The number of hydrogen-bond donors (Lipinski definition) is 2. The molecular weight excluding hydrogens is 540 g/mol. The average molecular weight is 575 g/mol. The van der Waals surface area contributed by atoms with Crippen molar-refractivity contribution in [1.29, 1.82) is 0 Å². The summed E-state index contributed by atoms with van der Waals surface area (Å²) in [6.45, 7) is 4.02. The van der Waals surface area contributed by atoms with Crippen LogP contribution in [0.25, 0.3) is 21.9 Å². The molecule has 0 saturated heterocycles. The molecule has 1 fully saturated rings. The van der Waals surface area contributed by atoms with E-state index in [1.807, 2.05) is 122 Å². The molecule has 2 N–H and O–H groups in total. The molecule has 0 spiro atoms. The van der Waals surface area contributed by atoms with Crippen LogP contribution in [0.15, 0.2) is 132 Å². The fourth-order valence-electron chi connectivity index (χ4n) is 6.11. The highest BCUT2D eigenvalue weighted by atomic mass is 32.2. The predicted molar refractivity (Wildman–Crippen MR) is 169 cm³/mol. The second-order valence-electron chi connectivity index (χ2n) is 11.5. The van der Waals surface area contributed by atoms with E-state index in [0.717, 1.165) is 39.6 Å². The summed E-state index contributed by atoms with van der Waals surface area (Å²) in [7, 11) is -3.84. The van der Waals surface area contributed by atoms with Gasteiger partial charge in [0.1, 0.15) is 0 Å². The van der Waals surface area contributed by atoms with Gasteiger partial charge in [0.2, 0.25) is 15.9 Å². The Kier molecular flexibility index (Phi) is 7.43. The Bertz CT molecular complexity index is 1820. The first-order valence-electron chi connectivity index (χ1n) is 14.3. The zero-order valence-corrected chi connectivity index (χ0v) is 24.5. The van der Waals surface area contributed by atoms with Gasteiger partial charge in [0.05, 0.1) is 10.9 Å². The molecule has 5 aromatic carbocycles. The van der Waals surface area contributed by atoms with Gasteiger partial charge in [-0.3, -0.25) is 4.79 Å². The molecule has 6 heteroatoms. The van der Waals surface area contributed by atoms with Crippen molar-refractivity contribution in [1.82, 2.24) is 4.72 Å². The van der Waals surface area contributed by atoms with Crippen molar-refractivity contribution >= 4 is 32.4 Å². The molecule has 0 aromatic heterocycles. The highest BCUT2D eigenvalue weighted by Crippen LogP contribution is 2.63. The fourth-order valence-corrected chi connectivity index (χ4v) is 7.46. The minimum absolute atomic E-state index is 0.00585. The number of carbonyl (C=O) groups is 1. The third-order valence-corrected chi connectivity index (χ3v) is 10.2. The summed E-state index contributed by atoms with van der Waals surface area (Å²) in [5.74, 6) is -0.362. The maximum absolute atomic E-state index is 13.7. The standard InChI is InChI=1S/C36H34N2O3S/c1-25(35(39)37-31-20-17-27-13-9-10-16-30(27)23-31)33-24-36(33,2)34(29-14-7-4-8-15-29)38-42(40,41)32-21-18-28(19-22-32)26-11-5-3-6-12-26/h3-23,25,33-34,38H,24H2,1-2H3,(H,37,39)/t25-,33-,34-,36+/m1/s1. The van der Waals surface area contributed by atoms with Crippen molar-refractivity contribution in [2.75, 3.05) is 5.32 Å². The maximum Gasteiger partial charge on any atom is 0.241 e. The van der Waals surface area contributed by atoms with Gasteiger partial charge in [0.15, 0.2) is 0 Å². The van der Waals surface area contributed by atoms with E-state index in [0.29, 0.717) is 0 Å². The van der Waals surface area contributed by atoms with Crippen molar-refractivity contribution in [2.45, 2.75) is 31.2 Å². The maximum atomic E-state index is 13.7. The van der Waals surface area contributed by atoms with Crippen LogP contribution in [-0.2, 0) is 14.8 Å². The minimum atomic E-state index is -3.84. The van der Waals surface area contributed by atoms with Gasteiger partial charge >= 0.3 is 0 Å². The normalized spacial score (nSPS) is 19.6. The van der Waals surface area contributed by atoms with Gasteiger partial charge in [-0.15, -0.1) is 0 Å². The number of anilines is 1. The molecule has 0 bridgehead atoms. The summed E-state index contributed by atoms with van der Waals surface area (Å²) >= 11 is 0.